The van der Waals surface area contributed by atoms with Gasteiger partial charge in [-0.05, 0) is 39.1 Å². The van der Waals surface area contributed by atoms with Gasteiger partial charge in [0.2, 0.25) is 0 Å². The smallest absolute Gasteiger partial charge is 0.0664 e. The second-order valence-electron chi connectivity index (χ2n) is 4.19. The molecule has 96 valence electrons. The molecule has 2 aromatic rings. The highest BCUT2D eigenvalue weighted by Crippen LogP contribution is 2.26. The normalized spacial score (nSPS) is 10.9. The van der Waals surface area contributed by atoms with Gasteiger partial charge in [-0.25, -0.2) is 4.68 Å². The topological polar surface area (TPSA) is 29.9 Å². The lowest BCUT2D eigenvalue weighted by atomic mass is 10.2. The molecule has 0 aliphatic heterocycles. The summed E-state index contributed by atoms with van der Waals surface area (Å²) in [5.41, 5.74) is 4.27. The fourth-order valence-corrected chi connectivity index (χ4v) is 2.27. The van der Waals surface area contributed by atoms with Gasteiger partial charge in [0.1, 0.15) is 0 Å². The molecule has 0 unspecified atom stereocenters. The van der Waals surface area contributed by atoms with Crippen LogP contribution in [-0.4, -0.2) is 16.8 Å². The Morgan fingerprint density at radius 1 is 1.22 bits per heavy atom. The molecule has 0 saturated carbocycles. The molecule has 5 heteroatoms. The van der Waals surface area contributed by atoms with E-state index in [1.807, 2.05) is 30.8 Å². The zero-order valence-corrected chi connectivity index (χ0v) is 12.1. The van der Waals surface area contributed by atoms with Crippen molar-refractivity contribution < 1.29 is 0 Å². The summed E-state index contributed by atoms with van der Waals surface area (Å²) in [6, 6.07) is 5.52. The predicted molar refractivity (Wildman–Crippen MR) is 75.8 cm³/mol. The molecule has 1 heterocycles. The molecule has 2 rings (SSSR count). The minimum Gasteiger partial charge on any atom is -0.316 e. The Kier molecular flexibility index (Phi) is 3.95. The molecule has 0 radical (unpaired) electrons. The summed E-state index contributed by atoms with van der Waals surface area (Å²) in [7, 11) is 1.93. The SMILES string of the molecule is CNCc1c(C)nn(-c2ccc(Cl)c(Cl)c2)c1C. The predicted octanol–water partition coefficient (Wildman–Crippen LogP) is 3.52. The molecule has 1 N–H and O–H groups in total. The number of benzene rings is 1. The van der Waals surface area contributed by atoms with Crippen LogP contribution in [0.15, 0.2) is 18.2 Å². The molecule has 0 amide bonds. The van der Waals surface area contributed by atoms with E-state index in [-0.39, 0.29) is 0 Å². The monoisotopic (exact) mass is 283 g/mol. The second kappa shape index (κ2) is 5.31. The lowest BCUT2D eigenvalue weighted by molar-refractivity contribution is 0.801. The molecule has 1 aromatic carbocycles. The minimum absolute atomic E-state index is 0.539. The maximum absolute atomic E-state index is 6.04. The Labute approximate surface area is 117 Å². The van der Waals surface area contributed by atoms with Crippen molar-refractivity contribution >= 4 is 23.2 Å². The first-order chi connectivity index (χ1) is 8.54. The Morgan fingerprint density at radius 2 is 1.94 bits per heavy atom. The van der Waals surface area contributed by atoms with Crippen LogP contribution in [0.3, 0.4) is 0 Å². The Bertz CT molecular complexity index is 576. The average molecular weight is 284 g/mol. The first kappa shape index (κ1) is 13.4. The van der Waals surface area contributed by atoms with Gasteiger partial charge in [-0.3, -0.25) is 0 Å². The minimum atomic E-state index is 0.539. The van der Waals surface area contributed by atoms with Crippen molar-refractivity contribution in [3.05, 3.63) is 45.2 Å². The fraction of sp³-hybridized carbons (Fsp3) is 0.308. The van der Waals surface area contributed by atoms with E-state index in [9.17, 15) is 0 Å². The highest BCUT2D eigenvalue weighted by Gasteiger charge is 2.12. The molecular weight excluding hydrogens is 269 g/mol. The van der Waals surface area contributed by atoms with E-state index in [0.29, 0.717) is 10.0 Å². The Hall–Kier alpha value is -1.03. The van der Waals surface area contributed by atoms with Gasteiger partial charge in [0, 0.05) is 17.8 Å². The number of rotatable bonds is 3. The van der Waals surface area contributed by atoms with Crippen LogP contribution in [0.5, 0.6) is 0 Å². The van der Waals surface area contributed by atoms with E-state index in [4.69, 9.17) is 23.2 Å². The number of halogens is 2. The van der Waals surface area contributed by atoms with Crippen LogP contribution in [0.1, 0.15) is 17.0 Å². The van der Waals surface area contributed by atoms with Crippen molar-refractivity contribution in [3.8, 4) is 5.69 Å². The molecule has 0 atom stereocenters. The Balaban J connectivity index is 2.50. The zero-order chi connectivity index (χ0) is 13.3. The number of hydrogen-bond donors (Lipinski definition) is 1. The third kappa shape index (κ3) is 2.39. The maximum Gasteiger partial charge on any atom is 0.0664 e. The number of hydrogen-bond acceptors (Lipinski definition) is 2. The van der Waals surface area contributed by atoms with Crippen molar-refractivity contribution in [2.45, 2.75) is 20.4 Å². The van der Waals surface area contributed by atoms with Gasteiger partial charge < -0.3 is 5.32 Å². The lowest BCUT2D eigenvalue weighted by Crippen LogP contribution is -2.07. The van der Waals surface area contributed by atoms with Crippen molar-refractivity contribution in [2.75, 3.05) is 7.05 Å². The maximum atomic E-state index is 6.04. The van der Waals surface area contributed by atoms with Crippen LogP contribution >= 0.6 is 23.2 Å². The van der Waals surface area contributed by atoms with Crippen molar-refractivity contribution in [1.82, 2.24) is 15.1 Å². The third-order valence-corrected chi connectivity index (χ3v) is 3.68. The fourth-order valence-electron chi connectivity index (χ4n) is 1.98. The average Bonchev–Trinajstić information content (AvgIpc) is 2.61. The summed E-state index contributed by atoms with van der Waals surface area (Å²) in [6.07, 6.45) is 0. The lowest BCUT2D eigenvalue weighted by Gasteiger charge is -2.06. The third-order valence-electron chi connectivity index (χ3n) is 2.94. The first-order valence-electron chi connectivity index (χ1n) is 5.69. The summed E-state index contributed by atoms with van der Waals surface area (Å²) in [6.45, 7) is 4.86. The molecule has 0 bridgehead atoms. The quantitative estimate of drug-likeness (QED) is 0.934. The van der Waals surface area contributed by atoms with Gasteiger partial charge in [-0.15, -0.1) is 0 Å². The first-order valence-corrected chi connectivity index (χ1v) is 6.45. The number of nitrogens with one attached hydrogen (secondary N) is 1. The molecule has 0 fully saturated rings. The molecule has 1 aromatic heterocycles. The van der Waals surface area contributed by atoms with Crippen LogP contribution in [0.25, 0.3) is 5.69 Å². The highest BCUT2D eigenvalue weighted by atomic mass is 35.5. The van der Waals surface area contributed by atoms with Crippen LogP contribution in [0.4, 0.5) is 0 Å². The molecule has 0 aliphatic carbocycles. The van der Waals surface area contributed by atoms with Gasteiger partial charge >= 0.3 is 0 Å². The number of nitrogens with zero attached hydrogens (tertiary/aromatic N) is 2. The van der Waals surface area contributed by atoms with Gasteiger partial charge in [-0.2, -0.15) is 5.10 Å². The molecule has 0 spiro atoms. The van der Waals surface area contributed by atoms with E-state index in [2.05, 4.69) is 17.3 Å². The van der Waals surface area contributed by atoms with Crippen LogP contribution in [-0.2, 0) is 6.54 Å². The molecule has 0 aliphatic rings. The summed E-state index contributed by atoms with van der Waals surface area (Å²) < 4.78 is 1.89. The van der Waals surface area contributed by atoms with E-state index in [0.717, 1.165) is 23.6 Å². The van der Waals surface area contributed by atoms with Gasteiger partial charge in [0.15, 0.2) is 0 Å². The molecular formula is C13H15Cl2N3. The summed E-state index contributed by atoms with van der Waals surface area (Å²) >= 11 is 12.0. The van der Waals surface area contributed by atoms with Crippen LogP contribution < -0.4 is 5.32 Å². The standard InChI is InChI=1S/C13H15Cl2N3/c1-8-11(7-16-3)9(2)18(17-8)10-4-5-12(14)13(15)6-10/h4-6,16H,7H2,1-3H3. The summed E-state index contributed by atoms with van der Waals surface area (Å²) in [4.78, 5) is 0. The van der Waals surface area contributed by atoms with E-state index in [1.165, 1.54) is 5.56 Å². The molecule has 3 nitrogen and oxygen atoms in total. The van der Waals surface area contributed by atoms with Crippen LogP contribution in [0.2, 0.25) is 10.0 Å². The number of aryl methyl sites for hydroxylation is 1. The summed E-state index contributed by atoms with van der Waals surface area (Å²) in [5.74, 6) is 0. The molecule has 18 heavy (non-hydrogen) atoms. The van der Waals surface area contributed by atoms with Crippen LogP contribution in [0, 0.1) is 13.8 Å². The Morgan fingerprint density at radius 3 is 2.56 bits per heavy atom. The zero-order valence-electron chi connectivity index (χ0n) is 10.6. The van der Waals surface area contributed by atoms with Crippen molar-refractivity contribution in [2.24, 2.45) is 0 Å². The van der Waals surface area contributed by atoms with Gasteiger partial charge in [0.25, 0.3) is 0 Å². The highest BCUT2D eigenvalue weighted by molar-refractivity contribution is 6.42. The van der Waals surface area contributed by atoms with Gasteiger partial charge in [-0.1, -0.05) is 23.2 Å². The van der Waals surface area contributed by atoms with E-state index < -0.39 is 0 Å². The number of aromatic nitrogens is 2. The summed E-state index contributed by atoms with van der Waals surface area (Å²) in [5, 5.41) is 8.79. The largest absolute Gasteiger partial charge is 0.316 e. The van der Waals surface area contributed by atoms with Crippen molar-refractivity contribution in [1.29, 1.82) is 0 Å². The van der Waals surface area contributed by atoms with E-state index in [1.54, 1.807) is 6.07 Å². The molecule has 0 saturated heterocycles. The van der Waals surface area contributed by atoms with Crippen molar-refractivity contribution in [3.63, 3.8) is 0 Å². The second-order valence-corrected chi connectivity index (χ2v) is 5.00. The van der Waals surface area contributed by atoms with E-state index >= 15 is 0 Å². The van der Waals surface area contributed by atoms with Gasteiger partial charge in [0.05, 0.1) is 21.4 Å².